The van der Waals surface area contributed by atoms with Gasteiger partial charge in [-0.1, -0.05) is 17.2 Å². The second-order valence-electron chi connectivity index (χ2n) is 5.52. The Bertz CT molecular complexity index is 419. The van der Waals surface area contributed by atoms with E-state index in [1.165, 1.54) is 12.7 Å². The molecule has 1 aliphatic heterocycles. The number of rotatable bonds is 5. The van der Waals surface area contributed by atoms with Crippen LogP contribution in [0.4, 0.5) is 0 Å². The molecule has 0 aromatic carbocycles. The van der Waals surface area contributed by atoms with Crippen molar-refractivity contribution in [3.63, 3.8) is 0 Å². The Kier molecular flexibility index (Phi) is 6.49. The number of carbonyl (C=O) groups is 2. The molecule has 0 N–H and O–H groups in total. The number of esters is 1. The van der Waals surface area contributed by atoms with E-state index in [1.807, 2.05) is 6.92 Å². The van der Waals surface area contributed by atoms with Gasteiger partial charge in [0.05, 0.1) is 7.11 Å². The van der Waals surface area contributed by atoms with Gasteiger partial charge < -0.3 is 9.64 Å². The summed E-state index contributed by atoms with van der Waals surface area (Å²) in [5.74, 6) is -0.390. The fraction of sp³-hybridized carbons (Fsp3) is 0.625. The van der Waals surface area contributed by atoms with Crippen LogP contribution in [-0.4, -0.2) is 36.5 Å². The van der Waals surface area contributed by atoms with Gasteiger partial charge >= 0.3 is 5.97 Å². The summed E-state index contributed by atoms with van der Waals surface area (Å²) in [6.45, 7) is 6.72. The van der Waals surface area contributed by atoms with E-state index in [0.717, 1.165) is 24.8 Å². The summed E-state index contributed by atoms with van der Waals surface area (Å²) in [7, 11) is 1.36. The summed E-state index contributed by atoms with van der Waals surface area (Å²) < 4.78 is 4.75. The minimum Gasteiger partial charge on any atom is -0.467 e. The third-order valence-corrected chi connectivity index (χ3v) is 3.47. The molecule has 1 heterocycles. The highest BCUT2D eigenvalue weighted by molar-refractivity contribution is 5.92. The summed E-state index contributed by atoms with van der Waals surface area (Å²) >= 11 is 0. The summed E-state index contributed by atoms with van der Waals surface area (Å²) in [6, 6.07) is -0.408. The molecule has 112 valence electrons. The molecule has 0 saturated carbocycles. The van der Waals surface area contributed by atoms with Crippen LogP contribution in [0.2, 0.25) is 0 Å². The van der Waals surface area contributed by atoms with Crippen molar-refractivity contribution in [1.82, 2.24) is 4.90 Å². The molecule has 1 atom stereocenters. The fourth-order valence-corrected chi connectivity index (χ4v) is 2.37. The Hall–Kier alpha value is -1.58. The lowest BCUT2D eigenvalue weighted by Crippen LogP contribution is -2.40. The van der Waals surface area contributed by atoms with Gasteiger partial charge in [-0.2, -0.15) is 0 Å². The van der Waals surface area contributed by atoms with Crippen LogP contribution in [0.3, 0.4) is 0 Å². The summed E-state index contributed by atoms with van der Waals surface area (Å²) in [5, 5.41) is 0. The van der Waals surface area contributed by atoms with Crippen LogP contribution < -0.4 is 0 Å². The van der Waals surface area contributed by atoms with Crippen molar-refractivity contribution in [1.29, 1.82) is 0 Å². The number of methoxy groups -OCH3 is 1. The predicted molar refractivity (Wildman–Crippen MR) is 79.2 cm³/mol. The summed E-state index contributed by atoms with van der Waals surface area (Å²) in [4.78, 5) is 25.4. The molecule has 1 aliphatic rings. The van der Waals surface area contributed by atoms with Crippen molar-refractivity contribution < 1.29 is 14.3 Å². The molecule has 4 heteroatoms. The topological polar surface area (TPSA) is 46.6 Å². The zero-order chi connectivity index (χ0) is 15.1. The Balaban J connectivity index is 2.60. The molecule has 1 saturated heterocycles. The third-order valence-electron chi connectivity index (χ3n) is 3.47. The lowest BCUT2D eigenvalue weighted by Gasteiger charge is -2.21. The molecule has 0 spiro atoms. The van der Waals surface area contributed by atoms with Gasteiger partial charge in [-0.05, 0) is 46.5 Å². The van der Waals surface area contributed by atoms with E-state index < -0.39 is 6.04 Å². The first kappa shape index (κ1) is 16.5. The molecule has 0 aliphatic carbocycles. The van der Waals surface area contributed by atoms with Gasteiger partial charge in [-0.25, -0.2) is 4.79 Å². The first-order chi connectivity index (χ1) is 9.45. The molecule has 1 rings (SSSR count). The normalized spacial score (nSPS) is 18.9. The van der Waals surface area contributed by atoms with Gasteiger partial charge in [0, 0.05) is 12.6 Å². The number of ether oxygens (including phenoxy) is 1. The molecule has 0 bridgehead atoms. The molecule has 1 fully saturated rings. The molecule has 0 aromatic heterocycles. The Labute approximate surface area is 121 Å². The van der Waals surface area contributed by atoms with Crippen LogP contribution in [0, 0.1) is 0 Å². The molecule has 20 heavy (non-hydrogen) atoms. The third kappa shape index (κ3) is 4.83. The zero-order valence-corrected chi connectivity index (χ0v) is 12.9. The van der Waals surface area contributed by atoms with E-state index in [9.17, 15) is 9.59 Å². The highest BCUT2D eigenvalue weighted by Crippen LogP contribution is 2.19. The van der Waals surface area contributed by atoms with E-state index in [4.69, 9.17) is 4.74 Å². The largest absolute Gasteiger partial charge is 0.467 e. The van der Waals surface area contributed by atoms with Crippen LogP contribution in [-0.2, 0) is 14.3 Å². The van der Waals surface area contributed by atoms with Gasteiger partial charge in [-0.3, -0.25) is 4.79 Å². The number of nitrogens with zero attached hydrogens (tertiary/aromatic N) is 1. The number of amides is 1. The van der Waals surface area contributed by atoms with Crippen LogP contribution in [0.15, 0.2) is 23.3 Å². The molecule has 4 nitrogen and oxygen atoms in total. The van der Waals surface area contributed by atoms with Crippen molar-refractivity contribution in [3.8, 4) is 0 Å². The zero-order valence-electron chi connectivity index (χ0n) is 12.9. The van der Waals surface area contributed by atoms with E-state index >= 15 is 0 Å². The lowest BCUT2D eigenvalue weighted by atomic mass is 10.1. The maximum Gasteiger partial charge on any atom is 0.328 e. The number of carbonyl (C=O) groups excluding carboxylic acids is 2. The number of hydrogen-bond acceptors (Lipinski definition) is 3. The molecule has 1 amide bonds. The fourth-order valence-electron chi connectivity index (χ4n) is 2.37. The highest BCUT2D eigenvalue weighted by Gasteiger charge is 2.33. The summed E-state index contributed by atoms with van der Waals surface area (Å²) in [5.41, 5.74) is 2.33. The molecular weight excluding hydrogens is 254 g/mol. The highest BCUT2D eigenvalue weighted by atomic mass is 16.5. The lowest BCUT2D eigenvalue weighted by molar-refractivity contribution is -0.149. The van der Waals surface area contributed by atoms with Crippen molar-refractivity contribution >= 4 is 11.9 Å². The van der Waals surface area contributed by atoms with Crippen molar-refractivity contribution in [2.24, 2.45) is 0 Å². The SMILES string of the molecule is COC(=O)C1CCCN1C(=O)/C=C(\C)CCC=C(C)C. The van der Waals surface area contributed by atoms with E-state index in [1.54, 1.807) is 11.0 Å². The maximum absolute atomic E-state index is 12.2. The van der Waals surface area contributed by atoms with Gasteiger partial charge in [0.1, 0.15) is 6.04 Å². The minimum absolute atomic E-state index is 0.0763. The quantitative estimate of drug-likeness (QED) is 0.441. The first-order valence-corrected chi connectivity index (χ1v) is 7.14. The van der Waals surface area contributed by atoms with Gasteiger partial charge in [-0.15, -0.1) is 0 Å². The second-order valence-corrected chi connectivity index (χ2v) is 5.52. The molecule has 0 radical (unpaired) electrons. The Morgan fingerprint density at radius 1 is 1.30 bits per heavy atom. The number of hydrogen-bond donors (Lipinski definition) is 0. The standard InChI is InChI=1S/C16H25NO3/c1-12(2)7-5-8-13(3)11-15(18)17-10-6-9-14(17)16(19)20-4/h7,11,14H,5-6,8-10H2,1-4H3/b13-11+. The second kappa shape index (κ2) is 7.88. The first-order valence-electron chi connectivity index (χ1n) is 7.14. The smallest absolute Gasteiger partial charge is 0.328 e. The van der Waals surface area contributed by atoms with Crippen molar-refractivity contribution in [2.75, 3.05) is 13.7 Å². The minimum atomic E-state index is -0.408. The number of likely N-dealkylation sites (tertiary alicyclic amines) is 1. The van der Waals surface area contributed by atoms with E-state index in [-0.39, 0.29) is 11.9 Å². The Morgan fingerprint density at radius 2 is 2.00 bits per heavy atom. The monoisotopic (exact) mass is 279 g/mol. The maximum atomic E-state index is 12.2. The van der Waals surface area contributed by atoms with Gasteiger partial charge in [0.25, 0.3) is 0 Å². The van der Waals surface area contributed by atoms with Crippen LogP contribution in [0.25, 0.3) is 0 Å². The van der Waals surface area contributed by atoms with Gasteiger partial charge in [0.2, 0.25) is 5.91 Å². The van der Waals surface area contributed by atoms with Crippen molar-refractivity contribution in [2.45, 2.75) is 52.5 Å². The average Bonchev–Trinajstić information content (AvgIpc) is 2.86. The van der Waals surface area contributed by atoms with E-state index in [2.05, 4.69) is 19.9 Å². The summed E-state index contributed by atoms with van der Waals surface area (Å²) in [6.07, 6.45) is 7.18. The van der Waals surface area contributed by atoms with Crippen molar-refractivity contribution in [3.05, 3.63) is 23.3 Å². The van der Waals surface area contributed by atoms with Crippen LogP contribution in [0.1, 0.15) is 46.5 Å². The molecule has 1 unspecified atom stereocenters. The van der Waals surface area contributed by atoms with Crippen LogP contribution >= 0.6 is 0 Å². The molecule has 0 aromatic rings. The number of allylic oxidation sites excluding steroid dienone is 3. The predicted octanol–water partition coefficient (Wildman–Crippen LogP) is 2.84. The van der Waals surface area contributed by atoms with Gasteiger partial charge in [0.15, 0.2) is 0 Å². The van der Waals surface area contributed by atoms with E-state index in [0.29, 0.717) is 13.0 Å². The molecular formula is C16H25NO3. The Morgan fingerprint density at radius 3 is 2.60 bits per heavy atom. The average molecular weight is 279 g/mol. The van der Waals surface area contributed by atoms with Crippen LogP contribution in [0.5, 0.6) is 0 Å².